The van der Waals surface area contributed by atoms with Crippen molar-refractivity contribution in [3.63, 3.8) is 0 Å². The number of benzene rings is 2. The SMILES string of the molecule is CCN(C(=O)[C@@H](C)OC(=O)c1ccc2c(c1)CCC2)c1ccccc1. The van der Waals surface area contributed by atoms with Crippen LogP contribution in [0.4, 0.5) is 5.69 Å². The van der Waals surface area contributed by atoms with Crippen molar-refractivity contribution in [3.8, 4) is 0 Å². The van der Waals surface area contributed by atoms with Crippen LogP contribution in [0, 0.1) is 0 Å². The largest absolute Gasteiger partial charge is 0.449 e. The molecule has 0 aliphatic heterocycles. The van der Waals surface area contributed by atoms with Gasteiger partial charge in [0.2, 0.25) is 0 Å². The van der Waals surface area contributed by atoms with Crippen LogP contribution in [-0.2, 0) is 22.4 Å². The number of amides is 1. The van der Waals surface area contributed by atoms with Crippen LogP contribution in [0.1, 0.15) is 41.8 Å². The van der Waals surface area contributed by atoms with E-state index in [1.807, 2.05) is 49.4 Å². The Kier molecular flexibility index (Phi) is 5.17. The average molecular weight is 337 g/mol. The van der Waals surface area contributed by atoms with Crippen molar-refractivity contribution in [2.24, 2.45) is 0 Å². The Bertz CT molecular complexity index is 770. The number of aryl methyl sites for hydroxylation is 2. The van der Waals surface area contributed by atoms with Crippen LogP contribution in [0.3, 0.4) is 0 Å². The van der Waals surface area contributed by atoms with E-state index in [1.165, 1.54) is 11.1 Å². The first kappa shape index (κ1) is 17.2. The van der Waals surface area contributed by atoms with E-state index in [4.69, 9.17) is 4.74 Å². The zero-order valence-electron chi connectivity index (χ0n) is 14.7. The molecule has 1 aliphatic carbocycles. The first-order valence-corrected chi connectivity index (χ1v) is 8.79. The Labute approximate surface area is 148 Å². The van der Waals surface area contributed by atoms with Gasteiger partial charge in [0, 0.05) is 12.2 Å². The predicted octanol–water partition coefficient (Wildman–Crippen LogP) is 3.77. The number of nitrogens with zero attached hydrogens (tertiary/aromatic N) is 1. The fourth-order valence-electron chi connectivity index (χ4n) is 3.27. The van der Waals surface area contributed by atoms with Gasteiger partial charge in [-0.15, -0.1) is 0 Å². The lowest BCUT2D eigenvalue weighted by Gasteiger charge is -2.24. The quantitative estimate of drug-likeness (QED) is 0.780. The second kappa shape index (κ2) is 7.51. The van der Waals surface area contributed by atoms with Crippen LogP contribution < -0.4 is 4.90 Å². The minimum atomic E-state index is -0.832. The molecule has 0 saturated carbocycles. The second-order valence-electron chi connectivity index (χ2n) is 6.30. The molecular formula is C21H23NO3. The van der Waals surface area contributed by atoms with Gasteiger partial charge in [-0.3, -0.25) is 4.79 Å². The highest BCUT2D eigenvalue weighted by molar-refractivity contribution is 5.99. The van der Waals surface area contributed by atoms with Gasteiger partial charge in [0.05, 0.1) is 5.56 Å². The summed E-state index contributed by atoms with van der Waals surface area (Å²) in [6, 6.07) is 15.1. The number of anilines is 1. The highest BCUT2D eigenvalue weighted by atomic mass is 16.5. The van der Waals surface area contributed by atoms with Gasteiger partial charge in [0.25, 0.3) is 5.91 Å². The molecule has 4 nitrogen and oxygen atoms in total. The highest BCUT2D eigenvalue weighted by Gasteiger charge is 2.25. The second-order valence-corrected chi connectivity index (χ2v) is 6.30. The van der Waals surface area contributed by atoms with Crippen molar-refractivity contribution < 1.29 is 14.3 Å². The minimum absolute atomic E-state index is 0.219. The maximum absolute atomic E-state index is 12.7. The lowest BCUT2D eigenvalue weighted by atomic mass is 10.1. The molecule has 0 saturated heterocycles. The Balaban J connectivity index is 1.69. The molecule has 3 rings (SSSR count). The minimum Gasteiger partial charge on any atom is -0.449 e. The van der Waals surface area contributed by atoms with E-state index in [9.17, 15) is 9.59 Å². The normalized spacial score (nSPS) is 13.8. The standard InChI is InChI=1S/C21H23NO3/c1-3-22(19-10-5-4-6-11-19)20(23)15(2)25-21(24)18-13-12-16-8-7-9-17(16)14-18/h4-6,10-15H,3,7-9H2,1-2H3/t15-/m1/s1. The number of fused-ring (bicyclic) bond motifs is 1. The average Bonchev–Trinajstić information content (AvgIpc) is 3.10. The van der Waals surface area contributed by atoms with Crippen LogP contribution >= 0.6 is 0 Å². The molecule has 2 aromatic rings. The van der Waals surface area contributed by atoms with Gasteiger partial charge in [-0.1, -0.05) is 24.3 Å². The monoisotopic (exact) mass is 337 g/mol. The van der Waals surface area contributed by atoms with Crippen molar-refractivity contribution in [1.82, 2.24) is 0 Å². The topological polar surface area (TPSA) is 46.6 Å². The summed E-state index contributed by atoms with van der Waals surface area (Å²) in [7, 11) is 0. The summed E-state index contributed by atoms with van der Waals surface area (Å²) in [5, 5.41) is 0. The van der Waals surface area contributed by atoms with Crippen LogP contribution in [0.15, 0.2) is 48.5 Å². The molecular weight excluding hydrogens is 314 g/mol. The number of hydrogen-bond acceptors (Lipinski definition) is 3. The molecule has 0 aromatic heterocycles. The molecule has 4 heteroatoms. The zero-order chi connectivity index (χ0) is 17.8. The van der Waals surface area contributed by atoms with Crippen LogP contribution in [0.5, 0.6) is 0 Å². The lowest BCUT2D eigenvalue weighted by Crippen LogP contribution is -2.40. The predicted molar refractivity (Wildman–Crippen MR) is 97.8 cm³/mol. The molecule has 130 valence electrons. The number of carbonyl (C=O) groups is 2. The Morgan fingerprint density at radius 1 is 1.08 bits per heavy atom. The van der Waals surface area contributed by atoms with E-state index >= 15 is 0 Å². The fraction of sp³-hybridized carbons (Fsp3) is 0.333. The Hall–Kier alpha value is -2.62. The fourth-order valence-corrected chi connectivity index (χ4v) is 3.27. The third kappa shape index (κ3) is 3.73. The molecule has 2 aromatic carbocycles. The maximum Gasteiger partial charge on any atom is 0.338 e. The maximum atomic E-state index is 12.7. The van der Waals surface area contributed by atoms with Gasteiger partial charge >= 0.3 is 5.97 Å². The van der Waals surface area contributed by atoms with E-state index in [1.54, 1.807) is 17.9 Å². The van der Waals surface area contributed by atoms with Crippen molar-refractivity contribution in [2.75, 3.05) is 11.4 Å². The first-order chi connectivity index (χ1) is 12.1. The van der Waals surface area contributed by atoms with E-state index < -0.39 is 12.1 Å². The molecule has 25 heavy (non-hydrogen) atoms. The summed E-state index contributed by atoms with van der Waals surface area (Å²) in [6.45, 7) is 4.04. The summed E-state index contributed by atoms with van der Waals surface area (Å²) >= 11 is 0. The number of rotatable bonds is 5. The molecule has 0 unspecified atom stereocenters. The molecule has 0 heterocycles. The van der Waals surface area contributed by atoms with Gasteiger partial charge in [-0.05, 0) is 68.5 Å². The number of hydrogen-bond donors (Lipinski definition) is 0. The summed E-state index contributed by atoms with van der Waals surface area (Å²) < 4.78 is 5.43. The summed E-state index contributed by atoms with van der Waals surface area (Å²) in [5.74, 6) is -0.664. The van der Waals surface area contributed by atoms with Crippen LogP contribution in [0.25, 0.3) is 0 Å². The number of esters is 1. The smallest absolute Gasteiger partial charge is 0.338 e. The number of para-hydroxylation sites is 1. The summed E-state index contributed by atoms with van der Waals surface area (Å²) in [4.78, 5) is 26.7. The van der Waals surface area contributed by atoms with Crippen molar-refractivity contribution >= 4 is 17.6 Å². The van der Waals surface area contributed by atoms with E-state index in [-0.39, 0.29) is 5.91 Å². The van der Waals surface area contributed by atoms with Crippen LogP contribution in [-0.4, -0.2) is 24.5 Å². The van der Waals surface area contributed by atoms with Gasteiger partial charge in [-0.25, -0.2) is 4.79 Å². The molecule has 0 fully saturated rings. The third-order valence-corrected chi connectivity index (χ3v) is 4.62. The molecule has 1 atom stereocenters. The molecule has 0 radical (unpaired) electrons. The molecule has 0 N–H and O–H groups in total. The summed E-state index contributed by atoms with van der Waals surface area (Å²) in [6.07, 6.45) is 2.37. The zero-order valence-corrected chi connectivity index (χ0v) is 14.7. The molecule has 0 spiro atoms. The number of carbonyl (C=O) groups excluding carboxylic acids is 2. The Morgan fingerprint density at radius 3 is 2.52 bits per heavy atom. The van der Waals surface area contributed by atoms with Gasteiger partial charge in [0.1, 0.15) is 0 Å². The molecule has 1 amide bonds. The highest BCUT2D eigenvalue weighted by Crippen LogP contribution is 2.23. The van der Waals surface area contributed by atoms with Gasteiger partial charge < -0.3 is 9.64 Å². The van der Waals surface area contributed by atoms with Crippen LogP contribution in [0.2, 0.25) is 0 Å². The van der Waals surface area contributed by atoms with Crippen molar-refractivity contribution in [1.29, 1.82) is 0 Å². The number of likely N-dealkylation sites (N-methyl/N-ethyl adjacent to an activating group) is 1. The molecule has 1 aliphatic rings. The van der Waals surface area contributed by atoms with Crippen molar-refractivity contribution in [2.45, 2.75) is 39.2 Å². The third-order valence-electron chi connectivity index (χ3n) is 4.62. The van der Waals surface area contributed by atoms with Crippen molar-refractivity contribution in [3.05, 3.63) is 65.2 Å². The number of ether oxygens (including phenoxy) is 1. The summed E-state index contributed by atoms with van der Waals surface area (Å²) in [5.41, 5.74) is 3.84. The first-order valence-electron chi connectivity index (χ1n) is 8.79. The van der Waals surface area contributed by atoms with E-state index in [0.29, 0.717) is 12.1 Å². The lowest BCUT2D eigenvalue weighted by molar-refractivity contribution is -0.126. The van der Waals surface area contributed by atoms with Gasteiger partial charge in [-0.2, -0.15) is 0 Å². The van der Waals surface area contributed by atoms with E-state index in [2.05, 4.69) is 0 Å². The van der Waals surface area contributed by atoms with Gasteiger partial charge in [0.15, 0.2) is 6.10 Å². The molecule has 0 bridgehead atoms. The Morgan fingerprint density at radius 2 is 1.80 bits per heavy atom. The van der Waals surface area contributed by atoms with E-state index in [0.717, 1.165) is 24.9 Å².